The minimum Gasteiger partial charge on any atom is -0.481 e. The van der Waals surface area contributed by atoms with E-state index in [-0.39, 0.29) is 25.2 Å². The summed E-state index contributed by atoms with van der Waals surface area (Å²) in [6.07, 6.45) is 5.27. The number of amides is 1. The van der Waals surface area contributed by atoms with Crippen molar-refractivity contribution in [3.63, 3.8) is 0 Å². The lowest BCUT2D eigenvalue weighted by atomic mass is 10.0. The number of pyridine rings is 1. The number of aromatic nitrogens is 4. The molecule has 1 amide bonds. The molecular formula is C23H27N5O4. The molecule has 1 N–H and O–H groups in total. The number of carboxylic acids is 1. The number of carboxylic acid groups (broad SMARTS) is 1. The number of aliphatic carboxylic acids is 1. The summed E-state index contributed by atoms with van der Waals surface area (Å²) in [7, 11) is 3.50. The van der Waals surface area contributed by atoms with Crippen molar-refractivity contribution in [2.75, 3.05) is 7.05 Å². The molecule has 2 aromatic rings. The van der Waals surface area contributed by atoms with E-state index in [4.69, 9.17) is 9.84 Å². The standard InChI is InChI=1S/C23H27N5O4/c1-15(17-5-6-17)27(2)22(31)32-14-19-21(25-26-28(19)3)18-7-4-16(13-24-18)8-9-23(10-11-23)12-20(29)30/h4,7,13,15,17H,5-6,10-12,14H2,1-3H3,(H,29,30)/t15-/m1/s1. The molecule has 0 bridgehead atoms. The van der Waals surface area contributed by atoms with Gasteiger partial charge in [0.25, 0.3) is 0 Å². The molecule has 9 heteroatoms. The lowest BCUT2D eigenvalue weighted by molar-refractivity contribution is -0.137. The first kappa shape index (κ1) is 21.8. The fraction of sp³-hybridized carbons (Fsp3) is 0.522. The van der Waals surface area contributed by atoms with E-state index < -0.39 is 11.4 Å². The Morgan fingerprint density at radius 2 is 2.12 bits per heavy atom. The average molecular weight is 438 g/mol. The van der Waals surface area contributed by atoms with Gasteiger partial charge >= 0.3 is 12.1 Å². The van der Waals surface area contributed by atoms with Crippen molar-refractivity contribution in [3.05, 3.63) is 29.6 Å². The van der Waals surface area contributed by atoms with Crippen molar-refractivity contribution < 1.29 is 19.4 Å². The third kappa shape index (κ3) is 4.90. The van der Waals surface area contributed by atoms with Gasteiger partial charge in [-0.3, -0.25) is 9.78 Å². The first-order valence-electron chi connectivity index (χ1n) is 10.8. The molecule has 2 heterocycles. The highest BCUT2D eigenvalue weighted by Crippen LogP contribution is 2.48. The number of rotatable bonds is 7. The Balaban J connectivity index is 1.42. The maximum absolute atomic E-state index is 12.4. The topological polar surface area (TPSA) is 110 Å². The summed E-state index contributed by atoms with van der Waals surface area (Å²) in [5.74, 6) is 5.87. The quantitative estimate of drug-likeness (QED) is 0.663. The van der Waals surface area contributed by atoms with E-state index >= 15 is 0 Å². The summed E-state index contributed by atoms with van der Waals surface area (Å²) >= 11 is 0. The van der Waals surface area contributed by atoms with Crippen molar-refractivity contribution in [2.45, 2.75) is 51.7 Å². The zero-order valence-electron chi connectivity index (χ0n) is 18.5. The van der Waals surface area contributed by atoms with Crippen LogP contribution in [-0.4, -0.2) is 55.1 Å². The highest BCUT2D eigenvalue weighted by Gasteiger charge is 2.43. The average Bonchev–Trinajstić information content (AvgIpc) is 3.70. The predicted molar refractivity (Wildman–Crippen MR) is 115 cm³/mol. The Morgan fingerprint density at radius 1 is 1.38 bits per heavy atom. The van der Waals surface area contributed by atoms with E-state index in [1.807, 2.05) is 13.0 Å². The first-order valence-corrected chi connectivity index (χ1v) is 10.8. The summed E-state index contributed by atoms with van der Waals surface area (Å²) in [5, 5.41) is 17.2. The summed E-state index contributed by atoms with van der Waals surface area (Å²) in [6.45, 7) is 2.08. The fourth-order valence-electron chi connectivity index (χ4n) is 3.63. The van der Waals surface area contributed by atoms with Crippen LogP contribution >= 0.6 is 0 Å². The van der Waals surface area contributed by atoms with Crippen molar-refractivity contribution in [1.29, 1.82) is 0 Å². The molecule has 0 aromatic carbocycles. The maximum atomic E-state index is 12.4. The van der Waals surface area contributed by atoms with Crippen molar-refractivity contribution in [3.8, 4) is 23.2 Å². The van der Waals surface area contributed by atoms with E-state index in [1.165, 1.54) is 0 Å². The van der Waals surface area contributed by atoms with E-state index in [1.54, 1.807) is 35.9 Å². The third-order valence-electron chi connectivity index (χ3n) is 6.30. The van der Waals surface area contributed by atoms with Gasteiger partial charge < -0.3 is 14.7 Å². The molecule has 2 saturated carbocycles. The van der Waals surface area contributed by atoms with Crippen molar-refractivity contribution in [1.82, 2.24) is 24.9 Å². The number of hydrogen-bond acceptors (Lipinski definition) is 6. The molecule has 0 saturated heterocycles. The second-order valence-electron chi connectivity index (χ2n) is 8.78. The lowest BCUT2D eigenvalue weighted by Crippen LogP contribution is -2.36. The maximum Gasteiger partial charge on any atom is 0.410 e. The van der Waals surface area contributed by atoms with E-state index in [0.29, 0.717) is 28.6 Å². The number of carbonyl (C=O) groups excluding carboxylic acids is 1. The highest BCUT2D eigenvalue weighted by molar-refractivity contribution is 5.69. The zero-order chi connectivity index (χ0) is 22.9. The Labute approximate surface area is 186 Å². The normalized spacial score (nSPS) is 17.1. The Morgan fingerprint density at radius 3 is 2.72 bits per heavy atom. The number of carbonyl (C=O) groups is 2. The molecule has 2 fully saturated rings. The van der Waals surface area contributed by atoms with Crippen molar-refractivity contribution >= 4 is 12.1 Å². The van der Waals surface area contributed by atoms with E-state index in [9.17, 15) is 9.59 Å². The lowest BCUT2D eigenvalue weighted by Gasteiger charge is -2.24. The van der Waals surface area contributed by atoms with Gasteiger partial charge in [0.15, 0.2) is 0 Å². The minimum atomic E-state index is -0.825. The molecule has 0 spiro atoms. The second kappa shape index (κ2) is 8.61. The van der Waals surface area contributed by atoms with Gasteiger partial charge in [-0.15, -0.1) is 5.10 Å². The van der Waals surface area contributed by atoms with Crippen LogP contribution in [0, 0.1) is 23.2 Å². The molecule has 168 valence electrons. The van der Waals surface area contributed by atoms with E-state index in [2.05, 4.69) is 27.1 Å². The number of nitrogens with zero attached hydrogens (tertiary/aromatic N) is 5. The van der Waals surface area contributed by atoms with Crippen LogP contribution in [0.3, 0.4) is 0 Å². The summed E-state index contributed by atoms with van der Waals surface area (Å²) in [4.78, 5) is 29.5. The van der Waals surface area contributed by atoms with Crippen LogP contribution in [0.4, 0.5) is 4.79 Å². The van der Waals surface area contributed by atoms with Gasteiger partial charge in [-0.25, -0.2) is 9.48 Å². The number of aryl methyl sites for hydroxylation is 1. The number of ether oxygens (including phenoxy) is 1. The molecule has 2 aliphatic carbocycles. The zero-order valence-corrected chi connectivity index (χ0v) is 18.5. The molecule has 9 nitrogen and oxygen atoms in total. The largest absolute Gasteiger partial charge is 0.481 e. The number of hydrogen-bond donors (Lipinski definition) is 1. The van der Waals surface area contributed by atoms with Crippen LogP contribution in [0.25, 0.3) is 11.4 Å². The monoisotopic (exact) mass is 437 g/mol. The van der Waals surface area contributed by atoms with Gasteiger partial charge in [-0.05, 0) is 50.7 Å². The van der Waals surface area contributed by atoms with Gasteiger partial charge in [-0.2, -0.15) is 0 Å². The fourth-order valence-corrected chi connectivity index (χ4v) is 3.63. The third-order valence-corrected chi connectivity index (χ3v) is 6.30. The molecule has 0 radical (unpaired) electrons. The molecule has 32 heavy (non-hydrogen) atoms. The van der Waals surface area contributed by atoms with Crippen molar-refractivity contribution in [2.24, 2.45) is 18.4 Å². The van der Waals surface area contributed by atoms with Gasteiger partial charge in [0.1, 0.15) is 18.0 Å². The van der Waals surface area contributed by atoms with Gasteiger partial charge in [0.2, 0.25) is 0 Å². The van der Waals surface area contributed by atoms with Gasteiger partial charge in [0.05, 0.1) is 12.1 Å². The molecule has 4 rings (SSSR count). The first-order chi connectivity index (χ1) is 15.3. The van der Waals surface area contributed by atoms with Crippen LogP contribution in [-0.2, 0) is 23.2 Å². The predicted octanol–water partition coefficient (Wildman–Crippen LogP) is 2.85. The molecule has 2 aromatic heterocycles. The highest BCUT2D eigenvalue weighted by atomic mass is 16.6. The van der Waals surface area contributed by atoms with E-state index in [0.717, 1.165) is 25.7 Å². The van der Waals surface area contributed by atoms with Crippen LogP contribution in [0.15, 0.2) is 18.3 Å². The SMILES string of the molecule is C[C@H](C1CC1)N(C)C(=O)OCc1c(-c2ccc(C#CC3(CC(=O)O)CC3)cn2)nnn1C. The van der Waals surface area contributed by atoms with Crippen LogP contribution in [0.1, 0.15) is 50.3 Å². The molecule has 2 aliphatic rings. The summed E-state index contributed by atoms with van der Waals surface area (Å²) in [5.41, 5.74) is 2.10. The molecule has 0 aliphatic heterocycles. The Bertz CT molecular complexity index is 1070. The van der Waals surface area contributed by atoms with Crippen LogP contribution < -0.4 is 0 Å². The second-order valence-corrected chi connectivity index (χ2v) is 8.78. The Kier molecular flexibility index (Phi) is 5.87. The van der Waals surface area contributed by atoms with Crippen LogP contribution in [0.2, 0.25) is 0 Å². The Hall–Kier alpha value is -3.41. The summed E-state index contributed by atoms with van der Waals surface area (Å²) in [6, 6.07) is 3.77. The molecular weight excluding hydrogens is 410 g/mol. The molecule has 1 atom stereocenters. The minimum absolute atomic E-state index is 0.0420. The van der Waals surface area contributed by atoms with Gasteiger partial charge in [-0.1, -0.05) is 17.1 Å². The summed E-state index contributed by atoms with van der Waals surface area (Å²) < 4.78 is 7.09. The van der Waals surface area contributed by atoms with Crippen LogP contribution in [0.5, 0.6) is 0 Å². The smallest absolute Gasteiger partial charge is 0.410 e. The van der Waals surface area contributed by atoms with Gasteiger partial charge in [0, 0.05) is 37.3 Å². The molecule has 0 unspecified atom stereocenters.